The second-order valence-corrected chi connectivity index (χ2v) is 6.05. The van der Waals surface area contributed by atoms with Crippen molar-refractivity contribution < 1.29 is 14.3 Å². The number of hydrogen-bond donors (Lipinski definition) is 2. The van der Waals surface area contributed by atoms with Gasteiger partial charge in [0, 0.05) is 15.6 Å². The molecule has 0 aliphatic carbocycles. The smallest absolute Gasteiger partial charge is 0.303 e. The van der Waals surface area contributed by atoms with Gasteiger partial charge in [0.25, 0.3) is 5.91 Å². The third kappa shape index (κ3) is 15.1. The fraction of sp³-hybridized carbons (Fsp3) is 0.833. The molecule has 0 rings (SSSR count). The molecule has 0 bridgehead atoms. The molecule has 0 saturated heterocycles. The van der Waals surface area contributed by atoms with E-state index in [1.54, 1.807) is 0 Å². The van der Waals surface area contributed by atoms with E-state index in [-0.39, 0.29) is 15.5 Å². The fourth-order valence-electron chi connectivity index (χ4n) is 1.04. The lowest BCUT2D eigenvalue weighted by Gasteiger charge is -2.08. The molecular weight excluding hydrogens is 248 g/mol. The van der Waals surface area contributed by atoms with Crippen LogP contribution in [0.2, 0.25) is 12.1 Å². The second-order valence-electron chi connectivity index (χ2n) is 4.13. The maximum absolute atomic E-state index is 11.0. The number of ether oxygens (including phenoxy) is 1. The quantitative estimate of drug-likeness (QED) is 0.385. The van der Waals surface area contributed by atoms with E-state index in [0.717, 1.165) is 19.0 Å². The van der Waals surface area contributed by atoms with Crippen molar-refractivity contribution in [2.45, 2.75) is 58.2 Å². The van der Waals surface area contributed by atoms with E-state index in [2.05, 4.69) is 13.8 Å². The molecule has 1 atom stereocenters. The van der Waals surface area contributed by atoms with Crippen LogP contribution in [0, 0.1) is 0 Å². The molecule has 108 valence electrons. The van der Waals surface area contributed by atoms with Crippen molar-refractivity contribution in [3.05, 3.63) is 0 Å². The van der Waals surface area contributed by atoms with Crippen molar-refractivity contribution in [2.24, 2.45) is 11.5 Å². The van der Waals surface area contributed by atoms with Crippen LogP contribution in [0.1, 0.15) is 40.0 Å². The molecule has 0 aromatic heterocycles. The summed E-state index contributed by atoms with van der Waals surface area (Å²) >= 11 is 0. The average molecular weight is 276 g/mol. The van der Waals surface area contributed by atoms with Crippen molar-refractivity contribution in [3.63, 3.8) is 0 Å². The summed E-state index contributed by atoms with van der Waals surface area (Å²) in [4.78, 5) is 21.6. The predicted octanol–water partition coefficient (Wildman–Crippen LogP) is 0.564. The number of primary amides is 1. The summed E-state index contributed by atoms with van der Waals surface area (Å²) in [7, 11) is -0.330. The van der Waals surface area contributed by atoms with Crippen LogP contribution in [-0.2, 0) is 14.3 Å². The third-order valence-electron chi connectivity index (χ3n) is 2.25. The number of hydrogen-bond acceptors (Lipinski definition) is 4. The van der Waals surface area contributed by atoms with E-state index in [4.69, 9.17) is 16.2 Å². The highest BCUT2D eigenvalue weighted by Crippen LogP contribution is 1.97. The van der Waals surface area contributed by atoms with E-state index >= 15 is 0 Å². The topological polar surface area (TPSA) is 95.4 Å². The Hall–Kier alpha value is -0.883. The number of unbranched alkanes of at least 4 members (excludes halogenated alkanes) is 1. The highest BCUT2D eigenvalue weighted by Gasteiger charge is 2.13. The van der Waals surface area contributed by atoms with Crippen LogP contribution >= 0.6 is 0 Å². The van der Waals surface area contributed by atoms with Crippen molar-refractivity contribution in [2.75, 3.05) is 6.54 Å². The van der Waals surface area contributed by atoms with Gasteiger partial charge < -0.3 is 16.2 Å². The van der Waals surface area contributed by atoms with Gasteiger partial charge in [-0.15, -0.1) is 0 Å². The molecule has 5 nitrogen and oxygen atoms in total. The molecule has 1 unspecified atom stereocenters. The monoisotopic (exact) mass is 276 g/mol. The summed E-state index contributed by atoms with van der Waals surface area (Å²) in [5.74, 6) is -0.878. The Bertz CT molecular complexity index is 223. The SMILES string of the molecule is CCCCN.CCC[SiH2]CC(=O)OC(C)C(N)=O. The summed E-state index contributed by atoms with van der Waals surface area (Å²) in [6.45, 7) is 6.55. The molecule has 18 heavy (non-hydrogen) atoms. The zero-order valence-corrected chi connectivity index (χ0v) is 13.3. The van der Waals surface area contributed by atoms with Gasteiger partial charge >= 0.3 is 5.97 Å². The first-order valence-corrected chi connectivity index (χ1v) is 8.68. The summed E-state index contributed by atoms with van der Waals surface area (Å²) in [6.07, 6.45) is 2.71. The van der Waals surface area contributed by atoms with Crippen LogP contribution in [0.3, 0.4) is 0 Å². The number of carbonyl (C=O) groups is 2. The molecule has 0 aromatic carbocycles. The Kier molecular flexibility index (Phi) is 15.3. The largest absolute Gasteiger partial charge is 0.453 e. The first-order chi connectivity index (χ1) is 8.49. The number of esters is 1. The first kappa shape index (κ1) is 19.5. The van der Waals surface area contributed by atoms with E-state index in [1.807, 2.05) is 0 Å². The van der Waals surface area contributed by atoms with Gasteiger partial charge in [-0.1, -0.05) is 32.7 Å². The van der Waals surface area contributed by atoms with Crippen LogP contribution in [0.4, 0.5) is 0 Å². The molecule has 0 aromatic rings. The standard InChI is InChI=1S/C8H17NO3Si.C4H11N/c1-3-4-13-5-7(10)12-6(2)8(9)11;1-2-3-4-5/h6H,3-5,13H2,1-2H3,(H2,9,11);2-5H2,1H3. The minimum Gasteiger partial charge on any atom is -0.453 e. The van der Waals surface area contributed by atoms with Crippen molar-refractivity contribution in [1.29, 1.82) is 0 Å². The molecule has 4 N–H and O–H groups in total. The Morgan fingerprint density at radius 3 is 2.22 bits per heavy atom. The summed E-state index contributed by atoms with van der Waals surface area (Å²) in [6, 6.07) is 1.64. The summed E-state index contributed by atoms with van der Waals surface area (Å²) < 4.78 is 4.78. The lowest BCUT2D eigenvalue weighted by molar-refractivity contribution is -0.151. The molecule has 6 heteroatoms. The summed E-state index contributed by atoms with van der Waals surface area (Å²) in [5, 5.41) is 0. The van der Waals surface area contributed by atoms with Gasteiger partial charge in [-0.25, -0.2) is 0 Å². The number of amides is 1. The molecule has 0 heterocycles. The summed E-state index contributed by atoms with van der Waals surface area (Å²) in [5.41, 5.74) is 10.1. The number of carbonyl (C=O) groups excluding carboxylic acids is 2. The Morgan fingerprint density at radius 2 is 1.89 bits per heavy atom. The molecule has 0 saturated carbocycles. The number of rotatable bonds is 8. The van der Waals surface area contributed by atoms with Gasteiger partial charge in [0.15, 0.2) is 6.10 Å². The maximum Gasteiger partial charge on any atom is 0.303 e. The van der Waals surface area contributed by atoms with Crippen LogP contribution in [-0.4, -0.2) is 34.0 Å². The van der Waals surface area contributed by atoms with E-state index in [9.17, 15) is 9.59 Å². The minimum absolute atomic E-state index is 0.286. The van der Waals surface area contributed by atoms with Gasteiger partial charge in [0.1, 0.15) is 0 Å². The van der Waals surface area contributed by atoms with E-state index < -0.39 is 12.0 Å². The van der Waals surface area contributed by atoms with Crippen molar-refractivity contribution in [1.82, 2.24) is 0 Å². The maximum atomic E-state index is 11.0. The molecule has 0 spiro atoms. The lowest BCUT2D eigenvalue weighted by atomic mass is 10.3. The Labute approximate surface area is 112 Å². The fourth-order valence-corrected chi connectivity index (χ4v) is 2.19. The van der Waals surface area contributed by atoms with Crippen LogP contribution < -0.4 is 11.5 Å². The lowest BCUT2D eigenvalue weighted by Crippen LogP contribution is -2.30. The van der Waals surface area contributed by atoms with Gasteiger partial charge in [-0.3, -0.25) is 9.59 Å². The number of nitrogens with two attached hydrogens (primary N) is 2. The molecule has 0 aliphatic rings. The molecule has 1 amide bonds. The third-order valence-corrected chi connectivity index (χ3v) is 4.22. The van der Waals surface area contributed by atoms with Gasteiger partial charge in [0.2, 0.25) is 0 Å². The predicted molar refractivity (Wildman–Crippen MR) is 77.2 cm³/mol. The van der Waals surface area contributed by atoms with Crippen LogP contribution in [0.15, 0.2) is 0 Å². The van der Waals surface area contributed by atoms with Crippen LogP contribution in [0.25, 0.3) is 0 Å². The van der Waals surface area contributed by atoms with E-state index in [1.165, 1.54) is 19.8 Å². The zero-order valence-electron chi connectivity index (χ0n) is 11.9. The highest BCUT2D eigenvalue weighted by atomic mass is 28.2. The highest BCUT2D eigenvalue weighted by molar-refractivity contribution is 6.40. The van der Waals surface area contributed by atoms with Gasteiger partial charge in [-0.2, -0.15) is 0 Å². The van der Waals surface area contributed by atoms with Crippen molar-refractivity contribution >= 4 is 21.4 Å². The molecule has 0 aliphatic heterocycles. The Balaban J connectivity index is 0. The average Bonchev–Trinajstić information content (AvgIpc) is 2.31. The molecule has 0 radical (unpaired) electrons. The minimum atomic E-state index is -0.789. The second kappa shape index (κ2) is 14.2. The first-order valence-electron chi connectivity index (χ1n) is 6.68. The van der Waals surface area contributed by atoms with E-state index in [0.29, 0.717) is 6.04 Å². The normalized spacial score (nSPS) is 11.8. The van der Waals surface area contributed by atoms with Gasteiger partial charge in [0.05, 0.1) is 0 Å². The molecular formula is C12H28N2O3Si. The van der Waals surface area contributed by atoms with Crippen LogP contribution in [0.5, 0.6) is 0 Å². The zero-order chi connectivity index (χ0) is 14.4. The molecule has 0 fully saturated rings. The van der Waals surface area contributed by atoms with Gasteiger partial charge in [-0.05, 0) is 19.9 Å². The Morgan fingerprint density at radius 1 is 1.28 bits per heavy atom. The van der Waals surface area contributed by atoms with Crippen molar-refractivity contribution in [3.8, 4) is 0 Å².